The predicted octanol–water partition coefficient (Wildman–Crippen LogP) is 4.03. The summed E-state index contributed by atoms with van der Waals surface area (Å²) in [6, 6.07) is 6.52. The second-order valence-corrected chi connectivity index (χ2v) is 7.79. The van der Waals surface area contributed by atoms with Gasteiger partial charge in [-0.05, 0) is 37.5 Å². The number of carbonyl (C=O) groups is 1. The molecule has 0 amide bonds. The van der Waals surface area contributed by atoms with Crippen LogP contribution in [0.5, 0.6) is 0 Å². The number of aromatic nitrogens is 3. The van der Waals surface area contributed by atoms with E-state index in [2.05, 4.69) is 31.9 Å². The van der Waals surface area contributed by atoms with Crippen molar-refractivity contribution in [2.24, 2.45) is 0 Å². The molecule has 1 fully saturated rings. The fourth-order valence-electron chi connectivity index (χ4n) is 3.34. The van der Waals surface area contributed by atoms with E-state index in [9.17, 15) is 4.79 Å². The van der Waals surface area contributed by atoms with Crippen molar-refractivity contribution in [1.29, 1.82) is 0 Å². The van der Waals surface area contributed by atoms with Crippen LogP contribution in [0.2, 0.25) is 0 Å². The zero-order valence-electron chi connectivity index (χ0n) is 15.2. The van der Waals surface area contributed by atoms with Gasteiger partial charge in [-0.3, -0.25) is 14.5 Å². The number of pyridine rings is 2. The molecule has 3 N–H and O–H groups in total. The average molecular weight is 382 g/mol. The second-order valence-electron chi connectivity index (χ2n) is 6.85. The minimum absolute atomic E-state index is 0.415. The molecule has 27 heavy (non-hydrogen) atoms. The van der Waals surface area contributed by atoms with Gasteiger partial charge in [-0.15, -0.1) is 0 Å². The third kappa shape index (κ3) is 3.84. The summed E-state index contributed by atoms with van der Waals surface area (Å²) in [5.74, 6) is 1.14. The Kier molecular flexibility index (Phi) is 5.40. The van der Waals surface area contributed by atoms with Crippen molar-refractivity contribution in [3.05, 3.63) is 42.4 Å². The predicted molar refractivity (Wildman–Crippen MR) is 111 cm³/mol. The van der Waals surface area contributed by atoms with Crippen LogP contribution in [0.1, 0.15) is 36.5 Å². The van der Waals surface area contributed by atoms with Gasteiger partial charge in [0.1, 0.15) is 11.9 Å². The van der Waals surface area contributed by atoms with E-state index in [0.717, 1.165) is 52.9 Å². The summed E-state index contributed by atoms with van der Waals surface area (Å²) in [5, 5.41) is 4.74. The lowest BCUT2D eigenvalue weighted by Crippen LogP contribution is -2.45. The average Bonchev–Trinajstić information content (AvgIpc) is 3.15. The number of hydrogen-bond donors (Lipinski definition) is 3. The quantitative estimate of drug-likeness (QED) is 0.310. The number of fused-ring (bicyclic) bond motifs is 1. The van der Waals surface area contributed by atoms with E-state index >= 15 is 0 Å². The maximum absolute atomic E-state index is 11.2. The number of anilines is 1. The van der Waals surface area contributed by atoms with Crippen LogP contribution in [0.15, 0.2) is 36.8 Å². The molecule has 0 unspecified atom stereocenters. The smallest absolute Gasteiger partial charge is 0.150 e. The van der Waals surface area contributed by atoms with E-state index in [0.29, 0.717) is 17.6 Å². The molecule has 3 aromatic heterocycles. The maximum atomic E-state index is 11.2. The van der Waals surface area contributed by atoms with E-state index in [1.807, 2.05) is 30.4 Å². The van der Waals surface area contributed by atoms with E-state index in [-0.39, 0.29) is 0 Å². The molecule has 0 atom stereocenters. The summed E-state index contributed by atoms with van der Waals surface area (Å²) in [7, 11) is 0. The molecule has 3 heterocycles. The Morgan fingerprint density at radius 2 is 2.19 bits per heavy atom. The zero-order valence-corrected chi connectivity index (χ0v) is 16.1. The third-order valence-corrected chi connectivity index (χ3v) is 5.94. The summed E-state index contributed by atoms with van der Waals surface area (Å²) < 4.78 is 3.54. The molecule has 0 radical (unpaired) electrons. The van der Waals surface area contributed by atoms with Crippen LogP contribution in [0.3, 0.4) is 0 Å². The molecule has 0 bridgehead atoms. The first-order valence-electron chi connectivity index (χ1n) is 9.30. The first kappa shape index (κ1) is 18.0. The van der Waals surface area contributed by atoms with Gasteiger partial charge in [-0.25, -0.2) is 4.98 Å². The highest BCUT2D eigenvalue weighted by Crippen LogP contribution is 2.36. The van der Waals surface area contributed by atoms with Crippen molar-refractivity contribution in [2.75, 3.05) is 11.1 Å². The highest BCUT2D eigenvalue weighted by atomic mass is 32.2. The van der Waals surface area contributed by atoms with Gasteiger partial charge >= 0.3 is 0 Å². The highest BCUT2D eigenvalue weighted by Gasteiger charge is 2.30. The van der Waals surface area contributed by atoms with Crippen LogP contribution >= 0.6 is 11.9 Å². The van der Waals surface area contributed by atoms with E-state index in [1.54, 1.807) is 18.3 Å². The van der Waals surface area contributed by atoms with E-state index < -0.39 is 0 Å². The van der Waals surface area contributed by atoms with E-state index in [1.165, 1.54) is 6.42 Å². The minimum Gasteiger partial charge on any atom is -0.381 e. The monoisotopic (exact) mass is 381 g/mol. The Bertz CT molecular complexity index is 935. The minimum atomic E-state index is 0.415. The van der Waals surface area contributed by atoms with Crippen LogP contribution in [-0.4, -0.2) is 39.1 Å². The molecular formula is C20H23N5OS. The molecule has 1 aliphatic carbocycles. The van der Waals surface area contributed by atoms with Gasteiger partial charge in [0.15, 0.2) is 0 Å². The van der Waals surface area contributed by atoms with Crippen LogP contribution in [-0.2, 0) is 0 Å². The molecule has 140 valence electrons. The lowest BCUT2D eigenvalue weighted by molar-refractivity contribution is 0.112. The number of rotatable bonds is 8. The molecule has 0 aliphatic heterocycles. The first-order chi connectivity index (χ1) is 13.3. The number of H-pyrrole nitrogens is 1. The van der Waals surface area contributed by atoms with Crippen LogP contribution in [0, 0.1) is 0 Å². The standard InChI is InChI=1S/C20H23N5OS/c1-2-7-27-25-15-9-14(10-15)24-19-16-4-6-22-20(16)23-11-17(19)18-8-13(12-26)3-5-21-18/h3-6,8,11-12,14-15,25H,2,7,9-10H2,1H3,(H2,22,23,24). The Morgan fingerprint density at radius 1 is 1.30 bits per heavy atom. The lowest BCUT2D eigenvalue weighted by atomic mass is 9.87. The van der Waals surface area contributed by atoms with Crippen molar-refractivity contribution >= 4 is 35.0 Å². The van der Waals surface area contributed by atoms with Crippen molar-refractivity contribution in [3.63, 3.8) is 0 Å². The number of aldehydes is 1. The van der Waals surface area contributed by atoms with Gasteiger partial charge in [-0.2, -0.15) is 0 Å². The van der Waals surface area contributed by atoms with Crippen LogP contribution < -0.4 is 10.0 Å². The number of nitrogens with one attached hydrogen (secondary N) is 3. The van der Waals surface area contributed by atoms with Gasteiger partial charge in [-0.1, -0.05) is 18.9 Å². The van der Waals surface area contributed by atoms with Crippen LogP contribution in [0.25, 0.3) is 22.3 Å². The Balaban J connectivity index is 1.58. The van der Waals surface area contributed by atoms with Gasteiger partial charge in [0, 0.05) is 52.9 Å². The van der Waals surface area contributed by atoms with Crippen molar-refractivity contribution in [1.82, 2.24) is 19.7 Å². The molecule has 0 spiro atoms. The zero-order chi connectivity index (χ0) is 18.6. The maximum Gasteiger partial charge on any atom is 0.150 e. The van der Waals surface area contributed by atoms with E-state index in [4.69, 9.17) is 0 Å². The summed E-state index contributed by atoms with van der Waals surface area (Å²) in [5.41, 5.74) is 4.16. The fourth-order valence-corrected chi connectivity index (χ4v) is 4.09. The number of hydrogen-bond acceptors (Lipinski definition) is 6. The Labute approximate surface area is 162 Å². The normalized spacial score (nSPS) is 19.0. The number of nitrogens with zero attached hydrogens (tertiary/aromatic N) is 2. The molecule has 1 saturated carbocycles. The molecule has 3 aromatic rings. The summed E-state index contributed by atoms with van der Waals surface area (Å²) >= 11 is 1.82. The van der Waals surface area contributed by atoms with Crippen LogP contribution in [0.4, 0.5) is 5.69 Å². The summed E-state index contributed by atoms with van der Waals surface area (Å²) in [6.45, 7) is 2.19. The number of carbonyl (C=O) groups excluding carboxylic acids is 1. The second kappa shape index (κ2) is 8.10. The molecule has 4 rings (SSSR count). The lowest BCUT2D eigenvalue weighted by Gasteiger charge is -2.37. The Hall–Kier alpha value is -2.38. The molecule has 0 aromatic carbocycles. The molecule has 1 aliphatic rings. The fraction of sp³-hybridized carbons (Fsp3) is 0.350. The SMILES string of the molecule is CCCSNC1CC(Nc2c(-c3cc(C=O)ccn3)cnc3[nH]ccc23)C1. The Morgan fingerprint density at radius 3 is 3.00 bits per heavy atom. The van der Waals surface area contributed by atoms with Gasteiger partial charge in [0.25, 0.3) is 0 Å². The topological polar surface area (TPSA) is 82.7 Å². The molecule has 0 saturated heterocycles. The van der Waals surface area contributed by atoms with Crippen molar-refractivity contribution < 1.29 is 4.79 Å². The molecular weight excluding hydrogens is 358 g/mol. The molecule has 7 heteroatoms. The largest absolute Gasteiger partial charge is 0.381 e. The first-order valence-corrected chi connectivity index (χ1v) is 10.3. The van der Waals surface area contributed by atoms with Gasteiger partial charge < -0.3 is 10.3 Å². The highest BCUT2D eigenvalue weighted by molar-refractivity contribution is 7.97. The van der Waals surface area contributed by atoms with Gasteiger partial charge in [0.05, 0.1) is 11.4 Å². The molecule has 6 nitrogen and oxygen atoms in total. The third-order valence-electron chi connectivity index (χ3n) is 4.83. The number of aromatic amines is 1. The summed E-state index contributed by atoms with van der Waals surface area (Å²) in [6.07, 6.45) is 9.59. The van der Waals surface area contributed by atoms with Crippen molar-refractivity contribution in [3.8, 4) is 11.3 Å². The van der Waals surface area contributed by atoms with Gasteiger partial charge in [0.2, 0.25) is 0 Å². The summed E-state index contributed by atoms with van der Waals surface area (Å²) in [4.78, 5) is 23.3. The van der Waals surface area contributed by atoms with Crippen molar-refractivity contribution in [2.45, 2.75) is 38.3 Å².